The summed E-state index contributed by atoms with van der Waals surface area (Å²) in [6.07, 6.45) is 1.05. The molecule has 0 unspecified atom stereocenters. The number of hydrogen-bond acceptors (Lipinski definition) is 8. The van der Waals surface area contributed by atoms with Gasteiger partial charge < -0.3 is 15.0 Å². The van der Waals surface area contributed by atoms with Gasteiger partial charge in [-0.25, -0.2) is 31.9 Å². The van der Waals surface area contributed by atoms with E-state index in [0.29, 0.717) is 6.07 Å². The summed E-state index contributed by atoms with van der Waals surface area (Å²) in [7, 11) is -7.86. The number of primary sulfonamides is 2. The second-order valence-electron chi connectivity index (χ2n) is 5.12. The number of nitrogen functional groups attached to an aromatic ring is 1. The largest absolute Gasteiger partial charge is 0.464 e. The summed E-state index contributed by atoms with van der Waals surface area (Å²) in [5.41, 5.74) is 4.60. The van der Waals surface area contributed by atoms with Crippen LogP contribution in [0.15, 0.2) is 28.1 Å². The number of carbonyl (C=O) groups excluding carboxylic acids is 1. The molecule has 2 rings (SSSR count). The minimum absolute atomic E-state index is 0.164. The predicted molar refractivity (Wildman–Crippen MR) is 94.0 cm³/mol. The monoisotopic (exact) mass is 433 g/mol. The van der Waals surface area contributed by atoms with Crippen molar-refractivity contribution < 1.29 is 26.4 Å². The maximum atomic E-state index is 12.1. The minimum Gasteiger partial charge on any atom is -0.464 e. The van der Waals surface area contributed by atoms with Crippen molar-refractivity contribution in [1.29, 1.82) is 5.26 Å². The molecule has 0 atom stereocenters. The normalized spacial score (nSPS) is 11.8. The van der Waals surface area contributed by atoms with Gasteiger partial charge in [-0.05, 0) is 12.1 Å². The van der Waals surface area contributed by atoms with Crippen LogP contribution in [0, 0.1) is 11.3 Å². The molecule has 144 valence electrons. The smallest absolute Gasteiger partial charge is 0.357 e. The van der Waals surface area contributed by atoms with Crippen molar-refractivity contribution in [2.45, 2.75) is 9.79 Å². The number of anilines is 1. The number of nitrogens with zero attached hydrogens (tertiary/aromatic N) is 2. The molecule has 0 saturated carbocycles. The Labute approximate surface area is 159 Å². The average Bonchev–Trinajstić information content (AvgIpc) is 2.88. The lowest BCUT2D eigenvalue weighted by Crippen LogP contribution is -2.20. The third-order valence-electron chi connectivity index (χ3n) is 3.43. The molecule has 1 aromatic carbocycles. The Bertz CT molecular complexity index is 1210. The molecule has 14 heteroatoms. The quantitative estimate of drug-likeness (QED) is 0.543. The van der Waals surface area contributed by atoms with Crippen molar-refractivity contribution in [2.24, 2.45) is 10.3 Å². The highest BCUT2D eigenvalue weighted by Gasteiger charge is 2.28. The molecule has 0 bridgehead atoms. The summed E-state index contributed by atoms with van der Waals surface area (Å²) in [6, 6.07) is 3.29. The number of benzene rings is 1. The zero-order valence-corrected chi connectivity index (χ0v) is 15.9. The first-order valence-corrected chi connectivity index (χ1v) is 10.2. The van der Waals surface area contributed by atoms with E-state index in [1.165, 1.54) is 0 Å². The molecule has 0 aliphatic rings. The van der Waals surface area contributed by atoms with Crippen LogP contribution < -0.4 is 16.0 Å². The van der Waals surface area contributed by atoms with Crippen molar-refractivity contribution in [3.05, 3.63) is 34.6 Å². The zero-order chi connectivity index (χ0) is 20.7. The number of carbonyl (C=O) groups is 1. The highest BCUT2D eigenvalue weighted by Crippen LogP contribution is 2.33. The van der Waals surface area contributed by atoms with Crippen LogP contribution in [0.4, 0.5) is 5.69 Å². The molecule has 6 N–H and O–H groups in total. The van der Waals surface area contributed by atoms with Gasteiger partial charge in [-0.15, -0.1) is 0 Å². The molecule has 0 fully saturated rings. The number of rotatable bonds is 4. The van der Waals surface area contributed by atoms with Crippen molar-refractivity contribution in [2.75, 3.05) is 12.8 Å². The number of aromatic nitrogens is 1. The van der Waals surface area contributed by atoms with E-state index in [1.807, 2.05) is 0 Å². The van der Waals surface area contributed by atoms with Crippen LogP contribution >= 0.6 is 11.6 Å². The van der Waals surface area contributed by atoms with Gasteiger partial charge in [0.05, 0.1) is 29.1 Å². The van der Waals surface area contributed by atoms with Gasteiger partial charge in [-0.1, -0.05) is 11.6 Å². The highest BCUT2D eigenvalue weighted by atomic mass is 35.5. The Morgan fingerprint density at radius 3 is 2.19 bits per heavy atom. The summed E-state index contributed by atoms with van der Waals surface area (Å²) < 4.78 is 52.8. The molecule has 1 heterocycles. The molecule has 2 aromatic rings. The van der Waals surface area contributed by atoms with Crippen LogP contribution in [0.2, 0.25) is 5.02 Å². The molecule has 0 spiro atoms. The molecule has 11 nitrogen and oxygen atoms in total. The van der Waals surface area contributed by atoms with Crippen LogP contribution in [0.25, 0.3) is 5.69 Å². The van der Waals surface area contributed by atoms with Gasteiger partial charge >= 0.3 is 5.97 Å². The maximum absolute atomic E-state index is 12.1. The third kappa shape index (κ3) is 3.75. The summed E-state index contributed by atoms with van der Waals surface area (Å²) in [6.45, 7) is 0. The number of methoxy groups -OCH3 is 1. The topological polar surface area (TPSA) is 201 Å². The molecule has 0 aliphatic carbocycles. The fourth-order valence-corrected chi connectivity index (χ4v) is 4.16. The molecule has 27 heavy (non-hydrogen) atoms. The molecule has 0 saturated heterocycles. The van der Waals surface area contributed by atoms with Gasteiger partial charge in [0.1, 0.15) is 15.9 Å². The molecular weight excluding hydrogens is 422 g/mol. The molecule has 0 amide bonds. The van der Waals surface area contributed by atoms with Crippen LogP contribution in [-0.4, -0.2) is 34.5 Å². The lowest BCUT2D eigenvalue weighted by molar-refractivity contribution is 0.0593. The lowest BCUT2D eigenvalue weighted by Gasteiger charge is -2.14. The first kappa shape index (κ1) is 20.7. The van der Waals surface area contributed by atoms with Gasteiger partial charge in [0.2, 0.25) is 20.0 Å². The Hall–Kier alpha value is -2.63. The van der Waals surface area contributed by atoms with E-state index in [-0.39, 0.29) is 22.6 Å². The Morgan fingerprint density at radius 2 is 1.74 bits per heavy atom. The fraction of sp³-hybridized carbons (Fsp3) is 0.0769. The van der Waals surface area contributed by atoms with Crippen molar-refractivity contribution >= 4 is 43.3 Å². The number of halogens is 1. The lowest BCUT2D eigenvalue weighted by atomic mass is 10.2. The SMILES string of the molecule is COC(=O)c1c(N)c(C#N)cn1-c1cc(Cl)c(S(N)(=O)=O)cc1S(N)(=O)=O. The number of esters is 1. The highest BCUT2D eigenvalue weighted by molar-refractivity contribution is 7.90. The van der Waals surface area contributed by atoms with Gasteiger partial charge in [0, 0.05) is 6.20 Å². The van der Waals surface area contributed by atoms with E-state index in [1.54, 1.807) is 6.07 Å². The predicted octanol–water partition coefficient (Wildman–Crippen LogP) is -0.334. The van der Waals surface area contributed by atoms with Gasteiger partial charge in [-0.2, -0.15) is 5.26 Å². The number of ether oxygens (including phenoxy) is 1. The first-order valence-electron chi connectivity index (χ1n) is 6.71. The summed E-state index contributed by atoms with van der Waals surface area (Å²) in [5.74, 6) is -0.985. The zero-order valence-electron chi connectivity index (χ0n) is 13.5. The van der Waals surface area contributed by atoms with Gasteiger partial charge in [0.25, 0.3) is 0 Å². The maximum Gasteiger partial charge on any atom is 0.357 e. The average molecular weight is 434 g/mol. The molecule has 0 radical (unpaired) electrons. The summed E-state index contributed by atoms with van der Waals surface area (Å²) in [4.78, 5) is 10.6. The van der Waals surface area contributed by atoms with Crippen LogP contribution in [0.3, 0.4) is 0 Å². The summed E-state index contributed by atoms with van der Waals surface area (Å²) in [5, 5.41) is 18.9. The van der Waals surface area contributed by atoms with Crippen molar-refractivity contribution in [1.82, 2.24) is 4.57 Å². The van der Waals surface area contributed by atoms with Crippen LogP contribution in [0.5, 0.6) is 0 Å². The molecule has 1 aromatic heterocycles. The number of sulfonamides is 2. The van der Waals surface area contributed by atoms with E-state index in [0.717, 1.165) is 23.9 Å². The second kappa shape index (κ2) is 6.83. The van der Waals surface area contributed by atoms with Gasteiger partial charge in [-0.3, -0.25) is 0 Å². The van der Waals surface area contributed by atoms with Gasteiger partial charge in [0.15, 0.2) is 5.69 Å². The Kier molecular flexibility index (Phi) is 5.23. The number of hydrogen-bond donors (Lipinski definition) is 3. The Balaban J connectivity index is 3.03. The van der Waals surface area contributed by atoms with E-state index >= 15 is 0 Å². The van der Waals surface area contributed by atoms with E-state index in [9.17, 15) is 21.6 Å². The fourth-order valence-electron chi connectivity index (χ4n) is 2.26. The molecular formula is C13H12ClN5O6S2. The van der Waals surface area contributed by atoms with Crippen molar-refractivity contribution in [3.63, 3.8) is 0 Å². The van der Waals surface area contributed by atoms with E-state index < -0.39 is 40.8 Å². The Morgan fingerprint density at radius 1 is 1.19 bits per heavy atom. The van der Waals surface area contributed by atoms with E-state index in [2.05, 4.69) is 4.74 Å². The molecule has 0 aliphatic heterocycles. The van der Waals surface area contributed by atoms with Crippen LogP contribution in [0.1, 0.15) is 16.1 Å². The first-order chi connectivity index (χ1) is 12.3. The van der Waals surface area contributed by atoms with Crippen LogP contribution in [-0.2, 0) is 24.8 Å². The third-order valence-corrected chi connectivity index (χ3v) is 5.75. The minimum atomic E-state index is -4.52. The van der Waals surface area contributed by atoms with E-state index in [4.69, 9.17) is 32.9 Å². The number of nitrogens with two attached hydrogens (primary N) is 3. The standard InChI is InChI=1S/C13H12ClN5O6S2/c1-25-13(20)12-11(16)6(4-15)5-19(12)8-2-7(14)9(26(17,21)22)3-10(8)27(18,23)24/h2-3,5H,16H2,1H3,(H2,17,21,22)(H2,18,23,24). The second-order valence-corrected chi connectivity index (χ2v) is 8.59. The van der Waals surface area contributed by atoms with Crippen molar-refractivity contribution in [3.8, 4) is 11.8 Å². The number of nitriles is 1. The summed E-state index contributed by atoms with van der Waals surface area (Å²) >= 11 is 5.91.